The molecule has 0 aliphatic carbocycles. The second-order valence-electron chi connectivity index (χ2n) is 7.01. The molecule has 1 N–H and O–H groups in total. The Balaban J connectivity index is 1.48. The third kappa shape index (κ3) is 4.68. The van der Waals surface area contributed by atoms with Crippen LogP contribution in [0.3, 0.4) is 0 Å². The maximum absolute atomic E-state index is 12.6. The standard InChI is InChI=1S/C20H26ClN3O/c1-2-11-23-12-4-3-5-19(23)20(25)22-14-16-10-13-24(15-16)18-8-6-17(21)7-9-18/h1,6-9,16,19H,3-5,10-15H2,(H,22,25)/t16-,19-/m1/s1. The number of halogens is 1. The van der Waals surface area contributed by atoms with E-state index in [0.29, 0.717) is 12.5 Å². The van der Waals surface area contributed by atoms with Crippen molar-refractivity contribution in [3.63, 3.8) is 0 Å². The Bertz CT molecular complexity index is 625. The molecule has 2 saturated heterocycles. The number of rotatable bonds is 5. The second kappa shape index (κ2) is 8.60. The molecule has 134 valence electrons. The van der Waals surface area contributed by atoms with Crippen LogP contribution in [-0.4, -0.2) is 49.6 Å². The first-order valence-corrected chi connectivity index (χ1v) is 9.51. The lowest BCUT2D eigenvalue weighted by molar-refractivity contribution is -0.127. The van der Waals surface area contributed by atoms with Gasteiger partial charge in [0.2, 0.25) is 5.91 Å². The van der Waals surface area contributed by atoms with Crippen LogP contribution in [0.4, 0.5) is 5.69 Å². The lowest BCUT2D eigenvalue weighted by atomic mass is 10.0. The lowest BCUT2D eigenvalue weighted by Crippen LogP contribution is -2.50. The molecule has 2 aliphatic heterocycles. The van der Waals surface area contributed by atoms with Gasteiger partial charge in [-0.2, -0.15) is 0 Å². The van der Waals surface area contributed by atoms with E-state index in [2.05, 4.69) is 33.2 Å². The van der Waals surface area contributed by atoms with Gasteiger partial charge in [0, 0.05) is 30.3 Å². The summed E-state index contributed by atoms with van der Waals surface area (Å²) in [5.74, 6) is 3.31. The first-order valence-electron chi connectivity index (χ1n) is 9.13. The SMILES string of the molecule is C#CCN1CCCC[C@@H]1C(=O)NC[C@H]1CCN(c2ccc(Cl)cc2)C1. The van der Waals surface area contributed by atoms with Gasteiger partial charge in [-0.1, -0.05) is 23.9 Å². The molecule has 0 spiro atoms. The number of anilines is 1. The monoisotopic (exact) mass is 359 g/mol. The maximum Gasteiger partial charge on any atom is 0.237 e. The van der Waals surface area contributed by atoms with E-state index in [4.69, 9.17) is 18.0 Å². The van der Waals surface area contributed by atoms with Crippen molar-refractivity contribution in [3.8, 4) is 12.3 Å². The summed E-state index contributed by atoms with van der Waals surface area (Å²) in [5, 5.41) is 3.93. The van der Waals surface area contributed by atoms with Gasteiger partial charge in [-0.15, -0.1) is 6.42 Å². The Hall–Kier alpha value is -1.70. The second-order valence-corrected chi connectivity index (χ2v) is 7.44. The largest absolute Gasteiger partial charge is 0.371 e. The zero-order valence-corrected chi connectivity index (χ0v) is 15.3. The van der Waals surface area contributed by atoms with E-state index < -0.39 is 0 Å². The Kier molecular flexibility index (Phi) is 6.23. The molecule has 1 aromatic rings. The molecular formula is C20H26ClN3O. The summed E-state index contributed by atoms with van der Waals surface area (Å²) < 4.78 is 0. The van der Waals surface area contributed by atoms with Crippen LogP contribution in [-0.2, 0) is 4.79 Å². The van der Waals surface area contributed by atoms with E-state index in [0.717, 1.165) is 56.9 Å². The van der Waals surface area contributed by atoms with Crippen molar-refractivity contribution in [1.82, 2.24) is 10.2 Å². The average Bonchev–Trinajstić information content (AvgIpc) is 3.10. The van der Waals surface area contributed by atoms with E-state index in [1.165, 1.54) is 5.69 Å². The van der Waals surface area contributed by atoms with Gasteiger partial charge < -0.3 is 10.2 Å². The molecule has 2 atom stereocenters. The van der Waals surface area contributed by atoms with E-state index in [9.17, 15) is 4.79 Å². The summed E-state index contributed by atoms with van der Waals surface area (Å²) in [7, 11) is 0. The van der Waals surface area contributed by atoms with Crippen LogP contribution in [0.25, 0.3) is 0 Å². The zero-order chi connectivity index (χ0) is 17.6. The molecule has 0 unspecified atom stereocenters. The highest BCUT2D eigenvalue weighted by Gasteiger charge is 2.29. The summed E-state index contributed by atoms with van der Waals surface area (Å²) in [6.45, 7) is 4.22. The molecule has 1 aromatic carbocycles. The number of hydrogen-bond acceptors (Lipinski definition) is 3. The number of piperidine rings is 1. The molecule has 1 amide bonds. The normalized spacial score (nSPS) is 24.1. The molecular weight excluding hydrogens is 334 g/mol. The van der Waals surface area contributed by atoms with E-state index >= 15 is 0 Å². The zero-order valence-electron chi connectivity index (χ0n) is 14.6. The van der Waals surface area contributed by atoms with Crippen molar-refractivity contribution in [1.29, 1.82) is 0 Å². The average molecular weight is 360 g/mol. The topological polar surface area (TPSA) is 35.6 Å². The summed E-state index contributed by atoms with van der Waals surface area (Å²) in [4.78, 5) is 17.1. The van der Waals surface area contributed by atoms with Crippen LogP contribution in [0.5, 0.6) is 0 Å². The highest BCUT2D eigenvalue weighted by atomic mass is 35.5. The van der Waals surface area contributed by atoms with Gasteiger partial charge in [-0.3, -0.25) is 9.69 Å². The van der Waals surface area contributed by atoms with Crippen molar-refractivity contribution in [3.05, 3.63) is 29.3 Å². The molecule has 0 saturated carbocycles. The number of nitrogens with zero attached hydrogens (tertiary/aromatic N) is 2. The first-order chi connectivity index (χ1) is 12.2. The fourth-order valence-electron chi connectivity index (χ4n) is 3.84. The smallest absolute Gasteiger partial charge is 0.237 e. The summed E-state index contributed by atoms with van der Waals surface area (Å²) in [5.41, 5.74) is 1.20. The van der Waals surface area contributed by atoms with Gasteiger partial charge in [-0.05, 0) is 56.0 Å². The number of likely N-dealkylation sites (tertiary alicyclic amines) is 1. The van der Waals surface area contributed by atoms with Crippen molar-refractivity contribution >= 4 is 23.2 Å². The third-order valence-electron chi connectivity index (χ3n) is 5.25. The molecule has 2 fully saturated rings. The number of amides is 1. The van der Waals surface area contributed by atoms with Gasteiger partial charge >= 0.3 is 0 Å². The van der Waals surface area contributed by atoms with Gasteiger partial charge in [-0.25, -0.2) is 0 Å². The van der Waals surface area contributed by atoms with Gasteiger partial charge in [0.25, 0.3) is 0 Å². The molecule has 25 heavy (non-hydrogen) atoms. The number of hydrogen-bond donors (Lipinski definition) is 1. The van der Waals surface area contributed by atoms with Crippen LogP contribution >= 0.6 is 11.6 Å². The van der Waals surface area contributed by atoms with Crippen LogP contribution in [0, 0.1) is 18.3 Å². The number of carbonyl (C=O) groups excluding carboxylic acids is 1. The number of benzene rings is 1. The Morgan fingerprint density at radius 1 is 1.24 bits per heavy atom. The molecule has 4 nitrogen and oxygen atoms in total. The highest BCUT2D eigenvalue weighted by molar-refractivity contribution is 6.30. The van der Waals surface area contributed by atoms with Crippen LogP contribution in [0.1, 0.15) is 25.7 Å². The molecule has 3 rings (SSSR count). The van der Waals surface area contributed by atoms with Crippen LogP contribution in [0.15, 0.2) is 24.3 Å². The molecule has 0 radical (unpaired) electrons. The van der Waals surface area contributed by atoms with Crippen molar-refractivity contribution < 1.29 is 4.79 Å². The van der Waals surface area contributed by atoms with Gasteiger partial charge in [0.1, 0.15) is 0 Å². The van der Waals surface area contributed by atoms with E-state index in [1.54, 1.807) is 0 Å². The Morgan fingerprint density at radius 2 is 2.04 bits per heavy atom. The first kappa shape index (κ1) is 18.1. The fraction of sp³-hybridized carbons (Fsp3) is 0.550. The highest BCUT2D eigenvalue weighted by Crippen LogP contribution is 2.25. The maximum atomic E-state index is 12.6. The number of nitrogens with one attached hydrogen (secondary N) is 1. The van der Waals surface area contributed by atoms with Crippen molar-refractivity contribution in [2.24, 2.45) is 5.92 Å². The van der Waals surface area contributed by atoms with E-state index in [-0.39, 0.29) is 11.9 Å². The molecule has 0 aromatic heterocycles. The van der Waals surface area contributed by atoms with Crippen LogP contribution in [0.2, 0.25) is 5.02 Å². The molecule has 5 heteroatoms. The summed E-state index contributed by atoms with van der Waals surface area (Å²) in [6, 6.07) is 7.91. The lowest BCUT2D eigenvalue weighted by Gasteiger charge is -2.33. The van der Waals surface area contributed by atoms with Crippen LogP contribution < -0.4 is 10.2 Å². The molecule has 2 heterocycles. The predicted molar refractivity (Wildman–Crippen MR) is 103 cm³/mol. The van der Waals surface area contributed by atoms with Crippen molar-refractivity contribution in [2.75, 3.05) is 37.6 Å². The van der Waals surface area contributed by atoms with Crippen molar-refractivity contribution in [2.45, 2.75) is 31.7 Å². The van der Waals surface area contributed by atoms with Gasteiger partial charge in [0.05, 0.1) is 12.6 Å². The quantitative estimate of drug-likeness (QED) is 0.821. The number of terminal acetylenes is 1. The predicted octanol–water partition coefficient (Wildman–Crippen LogP) is 2.77. The fourth-order valence-corrected chi connectivity index (χ4v) is 3.97. The minimum Gasteiger partial charge on any atom is -0.371 e. The Morgan fingerprint density at radius 3 is 2.80 bits per heavy atom. The third-order valence-corrected chi connectivity index (χ3v) is 5.51. The number of carbonyl (C=O) groups is 1. The van der Waals surface area contributed by atoms with E-state index in [1.807, 2.05) is 12.1 Å². The molecule has 0 bridgehead atoms. The summed E-state index contributed by atoms with van der Waals surface area (Å²) >= 11 is 5.96. The minimum atomic E-state index is -0.0569. The van der Waals surface area contributed by atoms with Gasteiger partial charge in [0.15, 0.2) is 0 Å². The molecule has 2 aliphatic rings. The Labute approximate surface area is 155 Å². The minimum absolute atomic E-state index is 0.0569. The summed E-state index contributed by atoms with van der Waals surface area (Å²) in [6.07, 6.45) is 9.68.